The van der Waals surface area contributed by atoms with Crippen molar-refractivity contribution in [1.82, 2.24) is 10.3 Å². The van der Waals surface area contributed by atoms with Crippen LogP contribution < -0.4 is 5.32 Å². The van der Waals surface area contributed by atoms with Gasteiger partial charge in [0.15, 0.2) is 0 Å². The maximum Gasteiger partial charge on any atom is 0.0966 e. The van der Waals surface area contributed by atoms with Gasteiger partial charge in [0.05, 0.1) is 15.6 Å². The highest BCUT2D eigenvalue weighted by Gasteiger charge is 2.29. The van der Waals surface area contributed by atoms with E-state index in [0.717, 1.165) is 18.5 Å². The molecule has 2 nitrogen and oxygen atoms in total. The molecule has 0 bridgehead atoms. The molecule has 2 saturated carbocycles. The van der Waals surface area contributed by atoms with Gasteiger partial charge in [-0.15, -0.1) is 11.3 Å². The molecule has 1 aromatic carbocycles. The van der Waals surface area contributed by atoms with Gasteiger partial charge in [0.2, 0.25) is 0 Å². The summed E-state index contributed by atoms with van der Waals surface area (Å²) >= 11 is 1.90. The average Bonchev–Trinajstić information content (AvgIpc) is 3.36. The Hall–Kier alpha value is -1.19. The van der Waals surface area contributed by atoms with Crippen LogP contribution in [0.5, 0.6) is 0 Å². The molecule has 3 heteroatoms. The Balaban J connectivity index is 1.65. The minimum absolute atomic E-state index is 0.745. The number of nitrogens with zero attached hydrogens (tertiary/aromatic N) is 1. The van der Waals surface area contributed by atoms with Crippen molar-refractivity contribution >= 4 is 11.3 Å². The lowest BCUT2D eigenvalue weighted by atomic mass is 10.1. The fourth-order valence-corrected chi connectivity index (χ4v) is 3.60. The summed E-state index contributed by atoms with van der Waals surface area (Å²) in [7, 11) is 0. The summed E-state index contributed by atoms with van der Waals surface area (Å²) < 4.78 is 0. The van der Waals surface area contributed by atoms with E-state index < -0.39 is 0 Å². The number of aromatic nitrogens is 1. The Morgan fingerprint density at radius 1 is 1.11 bits per heavy atom. The van der Waals surface area contributed by atoms with Gasteiger partial charge in [0.25, 0.3) is 0 Å². The third-order valence-electron chi connectivity index (χ3n) is 3.81. The van der Waals surface area contributed by atoms with E-state index in [1.54, 1.807) is 0 Å². The first-order chi connectivity index (χ1) is 9.40. The zero-order valence-electron chi connectivity index (χ0n) is 10.9. The molecule has 1 aromatic heterocycles. The Bertz CT molecular complexity index is 568. The molecule has 2 fully saturated rings. The molecule has 0 amide bonds. The van der Waals surface area contributed by atoms with E-state index in [1.807, 2.05) is 11.3 Å². The van der Waals surface area contributed by atoms with Crippen molar-refractivity contribution in [2.24, 2.45) is 0 Å². The van der Waals surface area contributed by atoms with Crippen molar-refractivity contribution in [2.75, 3.05) is 0 Å². The lowest BCUT2D eigenvalue weighted by Crippen LogP contribution is -2.16. The van der Waals surface area contributed by atoms with Crippen molar-refractivity contribution in [3.8, 4) is 10.4 Å². The number of hydrogen-bond donors (Lipinski definition) is 1. The number of hydrogen-bond acceptors (Lipinski definition) is 3. The smallest absolute Gasteiger partial charge is 0.0966 e. The summed E-state index contributed by atoms with van der Waals surface area (Å²) in [4.78, 5) is 6.28. The summed E-state index contributed by atoms with van der Waals surface area (Å²) in [5.74, 6) is 0.752. The van der Waals surface area contributed by atoms with Crippen molar-refractivity contribution < 1.29 is 0 Å². The summed E-state index contributed by atoms with van der Waals surface area (Å²) in [5.41, 5.74) is 2.57. The van der Waals surface area contributed by atoms with E-state index in [4.69, 9.17) is 4.98 Å². The van der Waals surface area contributed by atoms with Crippen LogP contribution in [-0.4, -0.2) is 11.0 Å². The first-order valence-electron chi connectivity index (χ1n) is 7.18. The second kappa shape index (κ2) is 4.73. The van der Waals surface area contributed by atoms with Gasteiger partial charge in [-0.3, -0.25) is 0 Å². The van der Waals surface area contributed by atoms with Gasteiger partial charge in [-0.25, -0.2) is 4.98 Å². The molecule has 98 valence electrons. The topological polar surface area (TPSA) is 24.9 Å². The maximum atomic E-state index is 4.90. The summed E-state index contributed by atoms with van der Waals surface area (Å²) in [6, 6.07) is 11.5. The largest absolute Gasteiger partial charge is 0.308 e. The third kappa shape index (κ3) is 2.58. The van der Waals surface area contributed by atoms with Crippen molar-refractivity contribution in [3.63, 3.8) is 0 Å². The monoisotopic (exact) mass is 270 g/mol. The average molecular weight is 270 g/mol. The molecule has 1 N–H and O–H groups in total. The van der Waals surface area contributed by atoms with Crippen LogP contribution in [0.3, 0.4) is 0 Å². The van der Waals surface area contributed by atoms with Crippen LogP contribution in [0, 0.1) is 0 Å². The molecule has 0 aliphatic heterocycles. The second-order valence-corrected chi connectivity index (χ2v) is 6.65. The minimum Gasteiger partial charge on any atom is -0.308 e. The van der Waals surface area contributed by atoms with Gasteiger partial charge in [-0.05, 0) is 31.2 Å². The molecule has 2 aromatic rings. The van der Waals surface area contributed by atoms with Gasteiger partial charge in [-0.2, -0.15) is 0 Å². The normalized spacial score (nSPS) is 18.7. The Morgan fingerprint density at radius 2 is 1.89 bits per heavy atom. The Kier molecular flexibility index (Phi) is 2.89. The number of rotatable bonds is 5. The van der Waals surface area contributed by atoms with E-state index >= 15 is 0 Å². The maximum absolute atomic E-state index is 4.90. The molecular formula is C16H18N2S. The predicted molar refractivity (Wildman–Crippen MR) is 79.4 cm³/mol. The van der Waals surface area contributed by atoms with Crippen molar-refractivity contribution in [3.05, 3.63) is 41.0 Å². The van der Waals surface area contributed by atoms with Crippen molar-refractivity contribution in [2.45, 2.75) is 44.2 Å². The lowest BCUT2D eigenvalue weighted by Gasteiger charge is -2.03. The quantitative estimate of drug-likeness (QED) is 0.890. The van der Waals surface area contributed by atoms with E-state index in [1.165, 1.54) is 46.8 Å². The molecule has 0 radical (unpaired) electrons. The Morgan fingerprint density at radius 3 is 2.58 bits per heavy atom. The van der Waals surface area contributed by atoms with E-state index in [-0.39, 0.29) is 0 Å². The molecule has 0 spiro atoms. The first-order valence-corrected chi connectivity index (χ1v) is 8.00. The molecule has 4 rings (SSSR count). The highest BCUT2D eigenvalue weighted by Crippen LogP contribution is 2.44. The van der Waals surface area contributed by atoms with Crippen LogP contribution in [0.15, 0.2) is 30.3 Å². The predicted octanol–water partition coefficient (Wildman–Crippen LogP) is 3.94. The summed E-state index contributed by atoms with van der Waals surface area (Å²) in [5, 5.41) is 4.95. The molecule has 2 aliphatic rings. The van der Waals surface area contributed by atoms with Crippen LogP contribution >= 0.6 is 11.3 Å². The summed E-state index contributed by atoms with van der Waals surface area (Å²) in [6.45, 7) is 0.929. The molecule has 0 saturated heterocycles. The highest BCUT2D eigenvalue weighted by atomic mass is 32.1. The van der Waals surface area contributed by atoms with Crippen molar-refractivity contribution in [1.29, 1.82) is 0 Å². The molecule has 0 atom stereocenters. The second-order valence-electron chi connectivity index (χ2n) is 5.62. The molecule has 19 heavy (non-hydrogen) atoms. The molecular weight excluding hydrogens is 252 g/mol. The van der Waals surface area contributed by atoms with Gasteiger partial charge in [-0.1, -0.05) is 30.3 Å². The van der Waals surface area contributed by atoms with E-state index in [0.29, 0.717) is 0 Å². The minimum atomic E-state index is 0.745. The van der Waals surface area contributed by atoms with Crippen LogP contribution in [0.2, 0.25) is 0 Å². The van der Waals surface area contributed by atoms with E-state index in [2.05, 4.69) is 35.6 Å². The zero-order chi connectivity index (χ0) is 12.7. The van der Waals surface area contributed by atoms with Crippen LogP contribution in [0.4, 0.5) is 0 Å². The zero-order valence-corrected chi connectivity index (χ0v) is 11.7. The standard InChI is InChI=1S/C16H18N2S/c1-2-4-11(5-3-1)15-14(10-17-13-8-9-13)18-16(19-15)12-6-7-12/h1-5,12-13,17H,6-10H2. The first kappa shape index (κ1) is 11.6. The van der Waals surface area contributed by atoms with Gasteiger partial charge >= 0.3 is 0 Å². The number of nitrogens with one attached hydrogen (secondary N) is 1. The highest BCUT2D eigenvalue weighted by molar-refractivity contribution is 7.15. The van der Waals surface area contributed by atoms with Gasteiger partial charge in [0, 0.05) is 18.5 Å². The lowest BCUT2D eigenvalue weighted by molar-refractivity contribution is 0.676. The number of thiazole rings is 1. The SMILES string of the molecule is c1ccc(-c2sc(C3CC3)nc2CNC2CC2)cc1. The fourth-order valence-electron chi connectivity index (χ4n) is 2.34. The van der Waals surface area contributed by atoms with Gasteiger partial charge < -0.3 is 5.32 Å². The van der Waals surface area contributed by atoms with E-state index in [9.17, 15) is 0 Å². The Labute approximate surface area is 117 Å². The third-order valence-corrected chi connectivity index (χ3v) is 5.12. The van der Waals surface area contributed by atoms with Crippen LogP contribution in [-0.2, 0) is 6.54 Å². The molecule has 2 aliphatic carbocycles. The summed E-state index contributed by atoms with van der Waals surface area (Å²) in [6.07, 6.45) is 5.33. The van der Waals surface area contributed by atoms with Gasteiger partial charge in [0.1, 0.15) is 0 Å². The van der Waals surface area contributed by atoms with Crippen LogP contribution in [0.25, 0.3) is 10.4 Å². The van der Waals surface area contributed by atoms with Crippen LogP contribution in [0.1, 0.15) is 42.3 Å². The molecule has 0 unspecified atom stereocenters. The fraction of sp³-hybridized carbons (Fsp3) is 0.438. The molecule has 1 heterocycles. The number of benzene rings is 1.